The Morgan fingerprint density at radius 2 is 1.62 bits per heavy atom. The van der Waals surface area contributed by atoms with Gasteiger partial charge in [0.2, 0.25) is 11.8 Å². The highest BCUT2D eigenvalue weighted by molar-refractivity contribution is 6.33. The first-order valence-corrected chi connectivity index (χ1v) is 10.2. The highest BCUT2D eigenvalue weighted by Gasteiger charge is 2.22. The minimum atomic E-state index is -0.193. The van der Waals surface area contributed by atoms with Gasteiger partial charge in [0.05, 0.1) is 23.8 Å². The number of nitrogens with one attached hydrogen (secondary N) is 1. The van der Waals surface area contributed by atoms with Gasteiger partial charge in [-0.2, -0.15) is 0 Å². The summed E-state index contributed by atoms with van der Waals surface area (Å²) in [5.74, 6) is -0.140. The number of rotatable bonds is 7. The Labute approximate surface area is 177 Å². The highest BCUT2D eigenvalue weighted by Crippen LogP contribution is 2.20. The fraction of sp³-hybridized carbons (Fsp3) is 0.364. The number of halogens is 1. The van der Waals surface area contributed by atoms with E-state index in [1.165, 1.54) is 5.56 Å². The normalized spacial score (nSPS) is 14.8. The van der Waals surface area contributed by atoms with Crippen molar-refractivity contribution in [1.82, 2.24) is 14.7 Å². The Morgan fingerprint density at radius 3 is 2.31 bits per heavy atom. The summed E-state index contributed by atoms with van der Waals surface area (Å²) in [7, 11) is 1.77. The molecular weight excluding hydrogens is 388 g/mol. The van der Waals surface area contributed by atoms with Gasteiger partial charge in [0.25, 0.3) is 0 Å². The van der Waals surface area contributed by atoms with Crippen molar-refractivity contribution in [3.05, 3.63) is 65.2 Å². The van der Waals surface area contributed by atoms with E-state index in [9.17, 15) is 9.59 Å². The van der Waals surface area contributed by atoms with E-state index < -0.39 is 0 Å². The lowest BCUT2D eigenvalue weighted by Crippen LogP contribution is -2.51. The first-order valence-electron chi connectivity index (χ1n) is 9.78. The monoisotopic (exact) mass is 414 g/mol. The molecule has 2 amide bonds. The van der Waals surface area contributed by atoms with Gasteiger partial charge in [-0.3, -0.25) is 19.4 Å². The number of likely N-dealkylation sites (N-methyl/N-ethyl adjacent to an activating group) is 1. The summed E-state index contributed by atoms with van der Waals surface area (Å²) in [6.45, 7) is 4.40. The molecule has 0 bridgehead atoms. The number of nitrogens with zero attached hydrogens (tertiary/aromatic N) is 3. The summed E-state index contributed by atoms with van der Waals surface area (Å²) < 4.78 is 0. The molecule has 0 spiro atoms. The Hall–Kier alpha value is -2.41. The van der Waals surface area contributed by atoms with Gasteiger partial charge in [0.15, 0.2) is 0 Å². The summed E-state index contributed by atoms with van der Waals surface area (Å²) in [5, 5.41) is 3.27. The molecule has 1 heterocycles. The van der Waals surface area contributed by atoms with Gasteiger partial charge >= 0.3 is 0 Å². The van der Waals surface area contributed by atoms with E-state index in [0.717, 1.165) is 19.6 Å². The van der Waals surface area contributed by atoms with Crippen molar-refractivity contribution >= 4 is 29.1 Å². The Bertz CT molecular complexity index is 823. The van der Waals surface area contributed by atoms with Crippen molar-refractivity contribution in [1.29, 1.82) is 0 Å². The van der Waals surface area contributed by atoms with Crippen molar-refractivity contribution < 1.29 is 9.59 Å². The van der Waals surface area contributed by atoms with Crippen LogP contribution in [0.1, 0.15) is 5.56 Å². The number of carbonyl (C=O) groups is 2. The van der Waals surface area contributed by atoms with E-state index in [-0.39, 0.29) is 24.9 Å². The van der Waals surface area contributed by atoms with E-state index in [4.69, 9.17) is 11.6 Å². The first-order chi connectivity index (χ1) is 14.0. The van der Waals surface area contributed by atoms with Crippen LogP contribution in [0.4, 0.5) is 5.69 Å². The van der Waals surface area contributed by atoms with Crippen LogP contribution in [0.2, 0.25) is 5.02 Å². The molecule has 0 saturated carbocycles. The van der Waals surface area contributed by atoms with Gasteiger partial charge in [-0.1, -0.05) is 54.1 Å². The lowest BCUT2D eigenvalue weighted by atomic mass is 10.2. The molecule has 0 aromatic heterocycles. The molecule has 29 heavy (non-hydrogen) atoms. The molecule has 0 atom stereocenters. The Kier molecular flexibility index (Phi) is 7.63. The van der Waals surface area contributed by atoms with Gasteiger partial charge < -0.3 is 10.2 Å². The second kappa shape index (κ2) is 10.4. The Morgan fingerprint density at radius 1 is 0.966 bits per heavy atom. The number of piperazine rings is 1. The van der Waals surface area contributed by atoms with Crippen molar-refractivity contribution in [2.45, 2.75) is 6.54 Å². The molecule has 1 aliphatic heterocycles. The van der Waals surface area contributed by atoms with Gasteiger partial charge in [-0.25, -0.2) is 0 Å². The molecule has 1 saturated heterocycles. The summed E-state index contributed by atoms with van der Waals surface area (Å²) in [6, 6.07) is 17.5. The summed E-state index contributed by atoms with van der Waals surface area (Å²) in [5.41, 5.74) is 1.87. The second-order valence-electron chi connectivity index (χ2n) is 7.34. The Balaban J connectivity index is 1.40. The molecule has 1 N–H and O–H groups in total. The number of hydrogen-bond donors (Lipinski definition) is 1. The van der Waals surface area contributed by atoms with Crippen LogP contribution >= 0.6 is 11.6 Å². The SMILES string of the molecule is CN(CC(=O)Nc1ccccc1Cl)CC(=O)N1CCN(Cc2ccccc2)CC1. The lowest BCUT2D eigenvalue weighted by molar-refractivity contribution is -0.134. The third-order valence-corrected chi connectivity index (χ3v) is 5.27. The lowest BCUT2D eigenvalue weighted by Gasteiger charge is -2.35. The first kappa shape index (κ1) is 21.3. The second-order valence-corrected chi connectivity index (χ2v) is 7.75. The summed E-state index contributed by atoms with van der Waals surface area (Å²) in [4.78, 5) is 30.8. The molecule has 154 valence electrons. The number of para-hydroxylation sites is 1. The largest absolute Gasteiger partial charge is 0.339 e. The quantitative estimate of drug-likeness (QED) is 0.756. The average molecular weight is 415 g/mol. The molecule has 2 aromatic carbocycles. The maximum atomic E-state index is 12.6. The number of amides is 2. The van der Waals surface area contributed by atoms with Crippen LogP contribution in [-0.4, -0.2) is 72.8 Å². The van der Waals surface area contributed by atoms with Crippen molar-refractivity contribution in [2.24, 2.45) is 0 Å². The molecule has 0 aliphatic carbocycles. The molecule has 3 rings (SSSR count). The molecule has 0 radical (unpaired) electrons. The zero-order valence-electron chi connectivity index (χ0n) is 16.7. The van der Waals surface area contributed by atoms with Crippen LogP contribution in [-0.2, 0) is 16.1 Å². The van der Waals surface area contributed by atoms with Crippen molar-refractivity contribution in [3.63, 3.8) is 0 Å². The van der Waals surface area contributed by atoms with Gasteiger partial charge in [-0.15, -0.1) is 0 Å². The maximum absolute atomic E-state index is 12.6. The number of benzene rings is 2. The van der Waals surface area contributed by atoms with Crippen LogP contribution in [0, 0.1) is 0 Å². The van der Waals surface area contributed by atoms with Gasteiger partial charge in [0.1, 0.15) is 0 Å². The van der Waals surface area contributed by atoms with Crippen LogP contribution in [0.5, 0.6) is 0 Å². The third-order valence-electron chi connectivity index (χ3n) is 4.94. The van der Waals surface area contributed by atoms with Crippen molar-refractivity contribution in [2.75, 3.05) is 51.6 Å². The zero-order valence-corrected chi connectivity index (χ0v) is 17.4. The number of carbonyl (C=O) groups excluding carboxylic acids is 2. The molecule has 0 unspecified atom stereocenters. The van der Waals surface area contributed by atoms with Crippen molar-refractivity contribution in [3.8, 4) is 0 Å². The number of hydrogen-bond acceptors (Lipinski definition) is 4. The molecule has 1 aliphatic rings. The van der Waals surface area contributed by atoms with E-state index in [0.29, 0.717) is 23.8 Å². The maximum Gasteiger partial charge on any atom is 0.238 e. The molecule has 1 fully saturated rings. The van der Waals surface area contributed by atoms with Crippen LogP contribution < -0.4 is 5.32 Å². The van der Waals surface area contributed by atoms with E-state index in [1.807, 2.05) is 35.2 Å². The smallest absolute Gasteiger partial charge is 0.238 e. The minimum absolute atomic E-state index is 0.0532. The van der Waals surface area contributed by atoms with E-state index in [1.54, 1.807) is 24.1 Å². The summed E-state index contributed by atoms with van der Waals surface area (Å²) in [6.07, 6.45) is 0. The average Bonchev–Trinajstić information content (AvgIpc) is 2.71. The zero-order chi connectivity index (χ0) is 20.6. The van der Waals surface area contributed by atoms with E-state index >= 15 is 0 Å². The fourth-order valence-electron chi connectivity index (χ4n) is 3.38. The minimum Gasteiger partial charge on any atom is -0.339 e. The third kappa shape index (κ3) is 6.56. The van der Waals surface area contributed by atoms with Crippen LogP contribution in [0.3, 0.4) is 0 Å². The topological polar surface area (TPSA) is 55.9 Å². The predicted molar refractivity (Wildman–Crippen MR) is 116 cm³/mol. The standard InChI is InChI=1S/C22H27ClN4O2/c1-25(16-21(28)24-20-10-6-5-9-19(20)23)17-22(29)27-13-11-26(12-14-27)15-18-7-3-2-4-8-18/h2-10H,11-17H2,1H3,(H,24,28). The highest BCUT2D eigenvalue weighted by atomic mass is 35.5. The number of anilines is 1. The van der Waals surface area contributed by atoms with Gasteiger partial charge in [0, 0.05) is 32.7 Å². The van der Waals surface area contributed by atoms with E-state index in [2.05, 4.69) is 22.3 Å². The van der Waals surface area contributed by atoms with Gasteiger partial charge in [-0.05, 0) is 24.7 Å². The molecular formula is C22H27ClN4O2. The summed E-state index contributed by atoms with van der Waals surface area (Å²) >= 11 is 6.06. The van der Waals surface area contributed by atoms with Crippen LogP contribution in [0.25, 0.3) is 0 Å². The fourth-order valence-corrected chi connectivity index (χ4v) is 3.56. The molecule has 2 aromatic rings. The molecule has 7 heteroatoms. The molecule has 6 nitrogen and oxygen atoms in total. The van der Waals surface area contributed by atoms with Crippen LogP contribution in [0.15, 0.2) is 54.6 Å². The predicted octanol–water partition coefficient (Wildman–Crippen LogP) is 2.55.